The summed E-state index contributed by atoms with van der Waals surface area (Å²) in [7, 11) is 0. The topological polar surface area (TPSA) is 85.1 Å². The molecule has 0 aliphatic carbocycles. The number of nitrogens with one attached hydrogen (secondary N) is 1. The summed E-state index contributed by atoms with van der Waals surface area (Å²) in [4.78, 5) is 27.3. The third kappa shape index (κ3) is 3.56. The van der Waals surface area contributed by atoms with Gasteiger partial charge < -0.3 is 5.32 Å². The van der Waals surface area contributed by atoms with Gasteiger partial charge in [0.05, 0.1) is 16.2 Å². The molecule has 1 N–H and O–H groups in total. The zero-order valence-corrected chi connectivity index (χ0v) is 14.5. The van der Waals surface area contributed by atoms with Crippen LogP contribution in [0.4, 0.5) is 11.4 Å². The van der Waals surface area contributed by atoms with Crippen LogP contribution in [0.1, 0.15) is 21.6 Å². The quantitative estimate of drug-likeness (QED) is 0.549. The molecule has 0 saturated carbocycles. The molecule has 7 heteroatoms. The van der Waals surface area contributed by atoms with E-state index in [0.29, 0.717) is 11.3 Å². The summed E-state index contributed by atoms with van der Waals surface area (Å²) < 4.78 is 0. The van der Waals surface area contributed by atoms with E-state index in [2.05, 4.69) is 10.3 Å². The zero-order valence-electron chi connectivity index (χ0n) is 13.6. The second-order valence-corrected chi connectivity index (χ2v) is 6.42. The Hall–Kier alpha value is -3.06. The summed E-state index contributed by atoms with van der Waals surface area (Å²) in [5, 5.41) is 16.1. The number of nitrogens with zero attached hydrogens (tertiary/aromatic N) is 2. The van der Waals surface area contributed by atoms with Gasteiger partial charge >= 0.3 is 0 Å². The van der Waals surface area contributed by atoms with E-state index in [9.17, 15) is 14.9 Å². The lowest BCUT2D eigenvalue weighted by Crippen LogP contribution is -2.13. The Morgan fingerprint density at radius 2 is 1.88 bits per heavy atom. The normalized spacial score (nSPS) is 10.5. The SMILES string of the molecule is Cc1ccc(-c2nc(C(=O)Nc3cccc([N+](=O)[O-])c3C)cs2)cc1. The number of carbonyl (C=O) groups excluding carboxylic acids is 1. The summed E-state index contributed by atoms with van der Waals surface area (Å²) in [6.07, 6.45) is 0. The number of nitro groups is 1. The molecule has 126 valence electrons. The first-order chi connectivity index (χ1) is 12.0. The van der Waals surface area contributed by atoms with Crippen LogP contribution in [-0.4, -0.2) is 15.8 Å². The minimum Gasteiger partial charge on any atom is -0.320 e. The van der Waals surface area contributed by atoms with Crippen LogP contribution >= 0.6 is 11.3 Å². The summed E-state index contributed by atoms with van der Waals surface area (Å²) in [5.41, 5.74) is 3.17. The molecular formula is C18H15N3O3S. The third-order valence-corrected chi connectivity index (χ3v) is 4.68. The first-order valence-electron chi connectivity index (χ1n) is 7.53. The maximum Gasteiger partial charge on any atom is 0.275 e. The summed E-state index contributed by atoms with van der Waals surface area (Å²) >= 11 is 1.38. The monoisotopic (exact) mass is 353 g/mol. The molecule has 0 unspecified atom stereocenters. The number of rotatable bonds is 4. The van der Waals surface area contributed by atoms with Crippen molar-refractivity contribution < 1.29 is 9.72 Å². The Bertz CT molecular complexity index is 948. The fraction of sp³-hybridized carbons (Fsp3) is 0.111. The fourth-order valence-corrected chi connectivity index (χ4v) is 3.16. The number of aromatic nitrogens is 1. The second kappa shape index (κ2) is 6.82. The predicted molar refractivity (Wildman–Crippen MR) is 98.1 cm³/mol. The van der Waals surface area contributed by atoms with Crippen molar-refractivity contribution in [2.45, 2.75) is 13.8 Å². The number of benzene rings is 2. The number of anilines is 1. The van der Waals surface area contributed by atoms with Crippen LogP contribution in [0.3, 0.4) is 0 Å². The van der Waals surface area contributed by atoms with Gasteiger partial charge in [-0.25, -0.2) is 4.98 Å². The van der Waals surface area contributed by atoms with E-state index < -0.39 is 10.8 Å². The summed E-state index contributed by atoms with van der Waals surface area (Å²) in [6, 6.07) is 12.5. The van der Waals surface area contributed by atoms with Gasteiger partial charge in [0, 0.05) is 17.0 Å². The zero-order chi connectivity index (χ0) is 18.0. The van der Waals surface area contributed by atoms with Crippen molar-refractivity contribution in [1.29, 1.82) is 0 Å². The minimum atomic E-state index is -0.469. The van der Waals surface area contributed by atoms with Crippen LogP contribution in [-0.2, 0) is 0 Å². The molecule has 0 aliphatic rings. The maximum absolute atomic E-state index is 12.4. The van der Waals surface area contributed by atoms with Crippen LogP contribution in [0.2, 0.25) is 0 Å². The molecule has 2 aromatic carbocycles. The van der Waals surface area contributed by atoms with E-state index in [4.69, 9.17) is 0 Å². The molecule has 25 heavy (non-hydrogen) atoms. The van der Waals surface area contributed by atoms with Gasteiger partial charge in [0.25, 0.3) is 11.6 Å². The van der Waals surface area contributed by atoms with Gasteiger partial charge in [0.1, 0.15) is 10.7 Å². The molecule has 0 fully saturated rings. The van der Waals surface area contributed by atoms with Gasteiger partial charge in [-0.1, -0.05) is 35.9 Å². The van der Waals surface area contributed by atoms with Crippen molar-refractivity contribution >= 4 is 28.6 Å². The van der Waals surface area contributed by atoms with Crippen LogP contribution in [0.15, 0.2) is 47.8 Å². The lowest BCUT2D eigenvalue weighted by atomic mass is 10.1. The van der Waals surface area contributed by atoms with Crippen LogP contribution < -0.4 is 5.32 Å². The van der Waals surface area contributed by atoms with Crippen LogP contribution in [0.25, 0.3) is 10.6 Å². The molecule has 0 bridgehead atoms. The van der Waals surface area contributed by atoms with Crippen LogP contribution in [0, 0.1) is 24.0 Å². The van der Waals surface area contributed by atoms with Crippen molar-refractivity contribution in [2.75, 3.05) is 5.32 Å². The summed E-state index contributed by atoms with van der Waals surface area (Å²) in [5.74, 6) is -0.391. The number of thiazole rings is 1. The number of nitro benzene ring substituents is 1. The minimum absolute atomic E-state index is 0.0311. The van der Waals surface area contributed by atoms with Crippen molar-refractivity contribution in [3.63, 3.8) is 0 Å². The Labute approximate surface area is 148 Å². The standard InChI is InChI=1S/C18H15N3O3S/c1-11-6-8-13(9-7-11)18-20-15(10-25-18)17(22)19-14-4-3-5-16(12(14)2)21(23)24/h3-10H,1-2H3,(H,19,22). The highest BCUT2D eigenvalue weighted by atomic mass is 32.1. The number of carbonyl (C=O) groups is 1. The lowest BCUT2D eigenvalue weighted by molar-refractivity contribution is -0.385. The number of amides is 1. The van der Waals surface area contributed by atoms with Crippen molar-refractivity contribution in [3.8, 4) is 10.6 Å². The van der Waals surface area contributed by atoms with Gasteiger partial charge in [0.2, 0.25) is 0 Å². The van der Waals surface area contributed by atoms with E-state index in [-0.39, 0.29) is 11.4 Å². The molecule has 0 radical (unpaired) electrons. The first-order valence-corrected chi connectivity index (χ1v) is 8.41. The Balaban J connectivity index is 1.82. The van der Waals surface area contributed by atoms with E-state index in [1.807, 2.05) is 31.2 Å². The number of aryl methyl sites for hydroxylation is 1. The number of hydrogen-bond acceptors (Lipinski definition) is 5. The Morgan fingerprint density at radius 3 is 2.56 bits per heavy atom. The Kier molecular flexibility index (Phi) is 4.58. The molecular weight excluding hydrogens is 338 g/mol. The lowest BCUT2D eigenvalue weighted by Gasteiger charge is -2.07. The molecule has 0 atom stereocenters. The predicted octanol–water partition coefficient (Wildman–Crippen LogP) is 4.59. The Morgan fingerprint density at radius 1 is 1.16 bits per heavy atom. The van der Waals surface area contributed by atoms with Crippen molar-refractivity contribution in [3.05, 3.63) is 74.8 Å². The van der Waals surface area contributed by atoms with E-state index >= 15 is 0 Å². The smallest absolute Gasteiger partial charge is 0.275 e. The largest absolute Gasteiger partial charge is 0.320 e. The van der Waals surface area contributed by atoms with E-state index in [1.165, 1.54) is 17.4 Å². The molecule has 3 aromatic rings. The van der Waals surface area contributed by atoms with Gasteiger partial charge in [-0.05, 0) is 19.9 Å². The second-order valence-electron chi connectivity index (χ2n) is 5.56. The molecule has 1 aromatic heterocycles. The van der Waals surface area contributed by atoms with Gasteiger partial charge in [-0.15, -0.1) is 11.3 Å². The molecule has 0 aliphatic heterocycles. The number of hydrogen-bond donors (Lipinski definition) is 1. The highest BCUT2D eigenvalue weighted by Crippen LogP contribution is 2.27. The first kappa shape index (κ1) is 16.8. The highest BCUT2D eigenvalue weighted by Gasteiger charge is 2.17. The van der Waals surface area contributed by atoms with Crippen molar-refractivity contribution in [1.82, 2.24) is 4.98 Å². The van der Waals surface area contributed by atoms with Crippen molar-refractivity contribution in [2.24, 2.45) is 0 Å². The average molecular weight is 353 g/mol. The molecule has 0 spiro atoms. The van der Waals surface area contributed by atoms with Gasteiger partial charge in [-0.2, -0.15) is 0 Å². The molecule has 6 nitrogen and oxygen atoms in total. The molecule has 3 rings (SSSR count). The molecule has 0 saturated heterocycles. The third-order valence-electron chi connectivity index (χ3n) is 3.79. The van der Waals surface area contributed by atoms with E-state index in [0.717, 1.165) is 16.1 Å². The molecule has 1 amide bonds. The average Bonchev–Trinajstić information content (AvgIpc) is 3.07. The van der Waals surface area contributed by atoms with E-state index in [1.54, 1.807) is 24.4 Å². The molecule has 1 heterocycles. The van der Waals surface area contributed by atoms with Crippen LogP contribution in [0.5, 0.6) is 0 Å². The highest BCUT2D eigenvalue weighted by molar-refractivity contribution is 7.13. The van der Waals surface area contributed by atoms with Gasteiger partial charge in [-0.3, -0.25) is 14.9 Å². The summed E-state index contributed by atoms with van der Waals surface area (Å²) in [6.45, 7) is 3.61. The fourth-order valence-electron chi connectivity index (χ4n) is 2.35. The van der Waals surface area contributed by atoms with Gasteiger partial charge in [0.15, 0.2) is 0 Å². The maximum atomic E-state index is 12.4.